The van der Waals surface area contributed by atoms with Gasteiger partial charge in [-0.3, -0.25) is 4.79 Å². The summed E-state index contributed by atoms with van der Waals surface area (Å²) in [6, 6.07) is 9.65. The fourth-order valence-electron chi connectivity index (χ4n) is 1.76. The molecule has 0 bridgehead atoms. The van der Waals surface area contributed by atoms with E-state index >= 15 is 0 Å². The van der Waals surface area contributed by atoms with Gasteiger partial charge in [0, 0.05) is 0 Å². The van der Waals surface area contributed by atoms with Gasteiger partial charge < -0.3 is 10.5 Å². The number of epoxide rings is 1. The summed E-state index contributed by atoms with van der Waals surface area (Å²) in [6.07, 6.45) is 0. The zero-order chi connectivity index (χ0) is 10.4. The molecule has 2 N–H and O–H groups in total. The van der Waals surface area contributed by atoms with Crippen molar-refractivity contribution in [3.8, 4) is 0 Å². The molecule has 1 fully saturated rings. The number of hydrogen-bond donors (Lipinski definition) is 1. The molecule has 1 saturated heterocycles. The second kappa shape index (κ2) is 2.58. The van der Waals surface area contributed by atoms with Crippen LogP contribution in [-0.2, 0) is 15.1 Å². The van der Waals surface area contributed by atoms with Gasteiger partial charge >= 0.3 is 0 Å². The highest BCUT2D eigenvalue weighted by molar-refractivity contribution is 5.88. The van der Waals surface area contributed by atoms with Gasteiger partial charge in [0.1, 0.15) is 5.60 Å². The molecular weight excluding hydrogens is 178 g/mol. The van der Waals surface area contributed by atoms with Gasteiger partial charge in [0.25, 0.3) is 5.91 Å². The lowest BCUT2D eigenvalue weighted by Crippen LogP contribution is -2.34. The summed E-state index contributed by atoms with van der Waals surface area (Å²) in [5.41, 5.74) is 4.86. The first-order valence-corrected chi connectivity index (χ1v) is 4.56. The van der Waals surface area contributed by atoms with E-state index in [9.17, 15) is 4.79 Å². The Balaban J connectivity index is 2.36. The largest absolute Gasteiger partial charge is 0.367 e. The molecule has 1 amide bonds. The van der Waals surface area contributed by atoms with Crippen molar-refractivity contribution in [3.63, 3.8) is 0 Å². The minimum atomic E-state index is -0.853. The van der Waals surface area contributed by atoms with Crippen molar-refractivity contribution in [2.45, 2.75) is 25.0 Å². The first-order valence-electron chi connectivity index (χ1n) is 4.56. The number of primary amides is 1. The smallest absolute Gasteiger partial charge is 0.252 e. The Hall–Kier alpha value is -1.35. The van der Waals surface area contributed by atoms with E-state index in [4.69, 9.17) is 10.5 Å². The molecule has 3 nitrogen and oxygen atoms in total. The highest BCUT2D eigenvalue weighted by Gasteiger charge is 2.68. The second-order valence-corrected chi connectivity index (χ2v) is 3.90. The van der Waals surface area contributed by atoms with Crippen LogP contribution < -0.4 is 5.73 Å². The van der Waals surface area contributed by atoms with Crippen molar-refractivity contribution < 1.29 is 9.53 Å². The quantitative estimate of drug-likeness (QED) is 0.713. The summed E-state index contributed by atoms with van der Waals surface area (Å²) >= 11 is 0. The topological polar surface area (TPSA) is 55.6 Å². The fraction of sp³-hybridized carbons (Fsp3) is 0.364. The van der Waals surface area contributed by atoms with E-state index in [0.717, 1.165) is 5.56 Å². The third-order valence-corrected chi connectivity index (χ3v) is 3.07. The van der Waals surface area contributed by atoms with Gasteiger partial charge in [0.15, 0.2) is 5.60 Å². The monoisotopic (exact) mass is 191 g/mol. The molecule has 2 unspecified atom stereocenters. The molecule has 1 aliphatic heterocycles. The van der Waals surface area contributed by atoms with E-state index in [-0.39, 0.29) is 0 Å². The number of rotatable bonds is 2. The van der Waals surface area contributed by atoms with Gasteiger partial charge in [-0.15, -0.1) is 0 Å². The first-order chi connectivity index (χ1) is 6.51. The molecule has 1 aliphatic rings. The Labute approximate surface area is 82.9 Å². The molecule has 2 rings (SSSR count). The molecule has 0 aliphatic carbocycles. The number of benzene rings is 1. The van der Waals surface area contributed by atoms with Crippen molar-refractivity contribution in [2.75, 3.05) is 0 Å². The van der Waals surface area contributed by atoms with Crippen molar-refractivity contribution in [1.82, 2.24) is 0 Å². The van der Waals surface area contributed by atoms with Crippen LogP contribution >= 0.6 is 0 Å². The van der Waals surface area contributed by atoms with Crippen molar-refractivity contribution in [3.05, 3.63) is 35.9 Å². The Morgan fingerprint density at radius 1 is 1.29 bits per heavy atom. The summed E-state index contributed by atoms with van der Waals surface area (Å²) in [7, 11) is 0. The molecule has 0 radical (unpaired) electrons. The Morgan fingerprint density at radius 2 is 1.86 bits per heavy atom. The highest BCUT2D eigenvalue weighted by Crippen LogP contribution is 2.54. The molecule has 1 aromatic carbocycles. The van der Waals surface area contributed by atoms with E-state index in [1.807, 2.05) is 37.3 Å². The molecular formula is C11H13NO2. The molecule has 0 aromatic heterocycles. The SMILES string of the molecule is CC1(C(N)=O)OC1(C)c1ccccc1. The van der Waals surface area contributed by atoms with Crippen molar-refractivity contribution in [2.24, 2.45) is 5.73 Å². The summed E-state index contributed by atoms with van der Waals surface area (Å²) in [4.78, 5) is 11.2. The van der Waals surface area contributed by atoms with Crippen LogP contribution in [0.4, 0.5) is 0 Å². The maximum atomic E-state index is 11.2. The van der Waals surface area contributed by atoms with Crippen LogP contribution in [0, 0.1) is 0 Å². The Kier molecular flexibility index (Phi) is 1.70. The molecule has 1 aromatic rings. The van der Waals surface area contributed by atoms with E-state index in [0.29, 0.717) is 0 Å². The lowest BCUT2D eigenvalue weighted by molar-refractivity contribution is -0.122. The number of amides is 1. The molecule has 14 heavy (non-hydrogen) atoms. The number of carbonyl (C=O) groups is 1. The normalized spacial score (nSPS) is 35.3. The average molecular weight is 191 g/mol. The highest BCUT2D eigenvalue weighted by atomic mass is 16.6. The Morgan fingerprint density at radius 3 is 2.29 bits per heavy atom. The molecule has 1 heterocycles. The van der Waals surface area contributed by atoms with Crippen molar-refractivity contribution >= 4 is 5.91 Å². The molecule has 0 spiro atoms. The number of hydrogen-bond acceptors (Lipinski definition) is 2. The fourth-order valence-corrected chi connectivity index (χ4v) is 1.76. The lowest BCUT2D eigenvalue weighted by Gasteiger charge is -2.09. The Bertz CT molecular complexity index is 376. The summed E-state index contributed by atoms with van der Waals surface area (Å²) in [6.45, 7) is 3.61. The van der Waals surface area contributed by atoms with Crippen LogP contribution in [0.1, 0.15) is 19.4 Å². The standard InChI is InChI=1S/C11H13NO2/c1-10(8-6-4-3-5-7-8)11(2,14-10)9(12)13/h3-7H,1-2H3,(H2,12,13). The average Bonchev–Trinajstić information content (AvgIpc) is 2.74. The lowest BCUT2D eigenvalue weighted by atomic mass is 9.88. The van der Waals surface area contributed by atoms with Crippen LogP contribution in [-0.4, -0.2) is 11.5 Å². The molecule has 74 valence electrons. The maximum absolute atomic E-state index is 11.2. The summed E-state index contributed by atoms with van der Waals surface area (Å²) < 4.78 is 5.46. The van der Waals surface area contributed by atoms with E-state index < -0.39 is 17.1 Å². The molecule has 0 saturated carbocycles. The predicted molar refractivity (Wildman–Crippen MR) is 52.5 cm³/mol. The van der Waals surface area contributed by atoms with Gasteiger partial charge in [0.05, 0.1) is 0 Å². The van der Waals surface area contributed by atoms with Crippen LogP contribution in [0.15, 0.2) is 30.3 Å². The van der Waals surface area contributed by atoms with Crippen LogP contribution in [0.3, 0.4) is 0 Å². The van der Waals surface area contributed by atoms with Crippen molar-refractivity contribution in [1.29, 1.82) is 0 Å². The van der Waals surface area contributed by atoms with E-state index in [1.54, 1.807) is 6.92 Å². The minimum Gasteiger partial charge on any atom is -0.367 e. The maximum Gasteiger partial charge on any atom is 0.252 e. The minimum absolute atomic E-state index is 0.413. The number of carbonyl (C=O) groups excluding carboxylic acids is 1. The molecule has 2 atom stereocenters. The summed E-state index contributed by atoms with van der Waals surface area (Å²) in [5, 5.41) is 0. The third-order valence-electron chi connectivity index (χ3n) is 3.07. The number of ether oxygens (including phenoxy) is 1. The van der Waals surface area contributed by atoms with Crippen LogP contribution in [0.5, 0.6) is 0 Å². The predicted octanol–water partition coefficient (Wildman–Crippen LogP) is 1.18. The second-order valence-electron chi connectivity index (χ2n) is 3.90. The summed E-state index contributed by atoms with van der Waals surface area (Å²) in [5.74, 6) is -0.413. The third kappa shape index (κ3) is 0.990. The number of nitrogens with two attached hydrogens (primary N) is 1. The van der Waals surface area contributed by atoms with Gasteiger partial charge in [-0.05, 0) is 19.4 Å². The van der Waals surface area contributed by atoms with Gasteiger partial charge in [-0.25, -0.2) is 0 Å². The van der Waals surface area contributed by atoms with Gasteiger partial charge in [0.2, 0.25) is 0 Å². The van der Waals surface area contributed by atoms with Crippen LogP contribution in [0.2, 0.25) is 0 Å². The van der Waals surface area contributed by atoms with Gasteiger partial charge in [-0.2, -0.15) is 0 Å². The van der Waals surface area contributed by atoms with Crippen LogP contribution in [0.25, 0.3) is 0 Å². The van der Waals surface area contributed by atoms with E-state index in [2.05, 4.69) is 0 Å². The molecule has 3 heteroatoms. The zero-order valence-electron chi connectivity index (χ0n) is 8.28. The first kappa shape index (κ1) is 9.21. The van der Waals surface area contributed by atoms with Gasteiger partial charge in [-0.1, -0.05) is 30.3 Å². The zero-order valence-corrected chi connectivity index (χ0v) is 8.28. The van der Waals surface area contributed by atoms with E-state index in [1.165, 1.54) is 0 Å².